The summed E-state index contributed by atoms with van der Waals surface area (Å²) in [4.78, 5) is 16.8. The highest BCUT2D eigenvalue weighted by Gasteiger charge is 2.30. The van der Waals surface area contributed by atoms with Crippen molar-refractivity contribution < 1.29 is 13.2 Å². The van der Waals surface area contributed by atoms with E-state index in [0.717, 1.165) is 16.9 Å². The highest BCUT2D eigenvalue weighted by molar-refractivity contribution is 7.94. The second-order valence-electron chi connectivity index (χ2n) is 7.28. The zero-order valence-electron chi connectivity index (χ0n) is 17.4. The molecule has 0 atom stereocenters. The molecule has 30 heavy (non-hydrogen) atoms. The lowest BCUT2D eigenvalue weighted by atomic mass is 10.1. The first-order chi connectivity index (χ1) is 14.2. The van der Waals surface area contributed by atoms with Crippen molar-refractivity contribution in [2.45, 2.75) is 44.5 Å². The van der Waals surface area contributed by atoms with E-state index in [-0.39, 0.29) is 22.7 Å². The SMILES string of the molecule is Cc1nc(C)c(S(=O)(=O)N(Cc2ccccc2)c2cccc(C(=O)NC(C)C)c2)s1. The maximum Gasteiger partial charge on any atom is 0.276 e. The quantitative estimate of drug-likeness (QED) is 0.591. The van der Waals surface area contributed by atoms with E-state index in [2.05, 4.69) is 10.3 Å². The molecule has 3 aromatic rings. The molecule has 158 valence electrons. The van der Waals surface area contributed by atoms with Gasteiger partial charge >= 0.3 is 0 Å². The van der Waals surface area contributed by atoms with Crippen molar-refractivity contribution in [1.82, 2.24) is 10.3 Å². The van der Waals surface area contributed by atoms with Gasteiger partial charge in [-0.1, -0.05) is 36.4 Å². The first-order valence-electron chi connectivity index (χ1n) is 9.60. The standard InChI is InChI=1S/C22H25N3O3S2/c1-15(2)23-21(26)19-11-8-12-20(13-19)25(14-18-9-6-5-7-10-18)30(27,28)22-16(3)24-17(4)29-22/h5-13,15H,14H2,1-4H3,(H,23,26). The zero-order valence-corrected chi connectivity index (χ0v) is 19.0. The third kappa shape index (κ3) is 4.88. The van der Waals surface area contributed by atoms with Crippen molar-refractivity contribution >= 4 is 33.0 Å². The van der Waals surface area contributed by atoms with Gasteiger partial charge in [0.2, 0.25) is 0 Å². The van der Waals surface area contributed by atoms with E-state index in [1.807, 2.05) is 44.2 Å². The largest absolute Gasteiger partial charge is 0.350 e. The molecule has 1 N–H and O–H groups in total. The van der Waals surface area contributed by atoms with E-state index in [9.17, 15) is 13.2 Å². The Kier molecular flexibility index (Phi) is 6.58. The van der Waals surface area contributed by atoms with Crippen LogP contribution in [0.15, 0.2) is 58.8 Å². The van der Waals surface area contributed by atoms with Gasteiger partial charge in [0.1, 0.15) is 0 Å². The molecule has 1 heterocycles. The molecule has 0 aliphatic heterocycles. The number of carbonyl (C=O) groups excluding carboxylic acids is 1. The second-order valence-corrected chi connectivity index (χ2v) is 10.5. The molecule has 2 aromatic carbocycles. The Morgan fingerprint density at radius 2 is 1.80 bits per heavy atom. The molecular formula is C22H25N3O3S2. The fraction of sp³-hybridized carbons (Fsp3) is 0.273. The topological polar surface area (TPSA) is 79.4 Å². The summed E-state index contributed by atoms with van der Waals surface area (Å²) < 4.78 is 28.8. The predicted molar refractivity (Wildman–Crippen MR) is 120 cm³/mol. The monoisotopic (exact) mass is 443 g/mol. The Hall–Kier alpha value is -2.71. The van der Waals surface area contributed by atoms with Crippen LogP contribution in [0.4, 0.5) is 5.69 Å². The Balaban J connectivity index is 2.09. The fourth-order valence-electron chi connectivity index (χ4n) is 3.06. The van der Waals surface area contributed by atoms with Gasteiger partial charge in [0.25, 0.3) is 15.9 Å². The Morgan fingerprint density at radius 1 is 1.10 bits per heavy atom. The molecule has 0 saturated carbocycles. The summed E-state index contributed by atoms with van der Waals surface area (Å²) in [6, 6.07) is 16.1. The number of hydrogen-bond donors (Lipinski definition) is 1. The van der Waals surface area contributed by atoms with Crippen molar-refractivity contribution in [2.24, 2.45) is 0 Å². The lowest BCUT2D eigenvalue weighted by molar-refractivity contribution is 0.0943. The van der Waals surface area contributed by atoms with E-state index < -0.39 is 10.0 Å². The number of aromatic nitrogens is 1. The number of amides is 1. The van der Waals surface area contributed by atoms with Gasteiger partial charge in [-0.25, -0.2) is 13.4 Å². The van der Waals surface area contributed by atoms with Gasteiger partial charge < -0.3 is 5.32 Å². The predicted octanol–water partition coefficient (Wildman–Crippen LogP) is 4.29. The number of nitrogens with zero attached hydrogens (tertiary/aromatic N) is 2. The second kappa shape index (κ2) is 8.97. The van der Waals surface area contributed by atoms with E-state index in [0.29, 0.717) is 22.0 Å². The molecule has 0 spiro atoms. The summed E-state index contributed by atoms with van der Waals surface area (Å²) in [6.07, 6.45) is 0. The highest BCUT2D eigenvalue weighted by atomic mass is 32.2. The van der Waals surface area contributed by atoms with Crippen LogP contribution in [0, 0.1) is 13.8 Å². The van der Waals surface area contributed by atoms with Gasteiger partial charge in [-0.3, -0.25) is 9.10 Å². The average Bonchev–Trinajstić information content (AvgIpc) is 3.05. The summed E-state index contributed by atoms with van der Waals surface area (Å²) in [5, 5.41) is 3.53. The summed E-state index contributed by atoms with van der Waals surface area (Å²) in [7, 11) is -3.87. The lowest BCUT2D eigenvalue weighted by Crippen LogP contribution is -2.32. The number of thiazole rings is 1. The number of sulfonamides is 1. The Labute approximate surface area is 181 Å². The molecule has 0 fully saturated rings. The maximum atomic E-state index is 13.6. The van der Waals surface area contributed by atoms with E-state index in [4.69, 9.17) is 0 Å². The molecule has 0 saturated heterocycles. The molecule has 0 bridgehead atoms. The molecule has 0 aliphatic carbocycles. The molecule has 0 aliphatic rings. The normalized spacial score (nSPS) is 11.5. The van der Waals surface area contributed by atoms with Crippen molar-refractivity contribution in [3.63, 3.8) is 0 Å². The first-order valence-corrected chi connectivity index (χ1v) is 11.9. The van der Waals surface area contributed by atoms with Crippen LogP contribution in [0.1, 0.15) is 40.5 Å². The minimum atomic E-state index is -3.87. The number of benzene rings is 2. The number of hydrogen-bond acceptors (Lipinski definition) is 5. The number of carbonyl (C=O) groups is 1. The van der Waals surface area contributed by atoms with Crippen LogP contribution in [0.5, 0.6) is 0 Å². The number of nitrogens with one attached hydrogen (secondary N) is 1. The maximum absolute atomic E-state index is 13.6. The van der Waals surface area contributed by atoms with E-state index in [1.54, 1.807) is 38.1 Å². The fourth-order valence-corrected chi connectivity index (χ4v) is 6.09. The summed E-state index contributed by atoms with van der Waals surface area (Å²) >= 11 is 1.15. The molecule has 3 rings (SSSR count). The summed E-state index contributed by atoms with van der Waals surface area (Å²) in [5.41, 5.74) is 2.16. The molecule has 0 unspecified atom stereocenters. The van der Waals surface area contributed by atoms with E-state index in [1.165, 1.54) is 4.31 Å². The lowest BCUT2D eigenvalue weighted by Gasteiger charge is -2.24. The average molecular weight is 444 g/mol. The molecule has 8 heteroatoms. The minimum Gasteiger partial charge on any atom is -0.350 e. The van der Waals surface area contributed by atoms with Crippen LogP contribution in [-0.2, 0) is 16.6 Å². The minimum absolute atomic E-state index is 0.0203. The van der Waals surface area contributed by atoms with Crippen LogP contribution in [0.2, 0.25) is 0 Å². The van der Waals surface area contributed by atoms with Crippen LogP contribution in [0.3, 0.4) is 0 Å². The van der Waals surface area contributed by atoms with Gasteiger partial charge in [0.05, 0.1) is 22.9 Å². The van der Waals surface area contributed by atoms with Gasteiger partial charge in [0.15, 0.2) is 4.21 Å². The number of aryl methyl sites for hydroxylation is 2. The Morgan fingerprint density at radius 3 is 2.40 bits per heavy atom. The van der Waals surface area contributed by atoms with Crippen molar-refractivity contribution in [2.75, 3.05) is 4.31 Å². The third-order valence-corrected chi connectivity index (χ3v) is 7.80. The van der Waals surface area contributed by atoms with Crippen molar-refractivity contribution in [3.8, 4) is 0 Å². The first kappa shape index (κ1) is 22.0. The van der Waals surface area contributed by atoms with Gasteiger partial charge in [-0.2, -0.15) is 0 Å². The molecular weight excluding hydrogens is 418 g/mol. The van der Waals surface area contributed by atoms with Gasteiger partial charge in [0, 0.05) is 11.6 Å². The van der Waals surface area contributed by atoms with Crippen molar-refractivity contribution in [1.29, 1.82) is 0 Å². The zero-order chi connectivity index (χ0) is 21.9. The smallest absolute Gasteiger partial charge is 0.276 e. The highest BCUT2D eigenvalue weighted by Crippen LogP contribution is 2.31. The molecule has 6 nitrogen and oxygen atoms in total. The third-order valence-electron chi connectivity index (χ3n) is 4.37. The van der Waals surface area contributed by atoms with Crippen LogP contribution in [0.25, 0.3) is 0 Å². The van der Waals surface area contributed by atoms with Crippen molar-refractivity contribution in [3.05, 3.63) is 76.4 Å². The Bertz CT molecular complexity index is 1140. The molecule has 1 aromatic heterocycles. The van der Waals surface area contributed by atoms with Crippen LogP contribution >= 0.6 is 11.3 Å². The van der Waals surface area contributed by atoms with Gasteiger partial charge in [-0.05, 0) is 51.5 Å². The summed E-state index contributed by atoms with van der Waals surface area (Å²) in [6.45, 7) is 7.39. The van der Waals surface area contributed by atoms with E-state index >= 15 is 0 Å². The summed E-state index contributed by atoms with van der Waals surface area (Å²) in [5.74, 6) is -0.242. The molecule has 0 radical (unpaired) electrons. The molecule has 1 amide bonds. The number of rotatable bonds is 7. The van der Waals surface area contributed by atoms with Gasteiger partial charge in [-0.15, -0.1) is 11.3 Å². The number of anilines is 1. The van der Waals surface area contributed by atoms with Crippen LogP contribution < -0.4 is 9.62 Å². The van der Waals surface area contributed by atoms with Crippen LogP contribution in [-0.4, -0.2) is 25.4 Å².